The molecule has 1 aromatic carbocycles. The monoisotopic (exact) mass is 243 g/mol. The molecule has 0 aliphatic heterocycles. The molecule has 0 fully saturated rings. The summed E-state index contributed by atoms with van der Waals surface area (Å²) in [5.41, 5.74) is 0.439. The van der Waals surface area contributed by atoms with Gasteiger partial charge in [0.05, 0.1) is 5.56 Å². The number of hydrogen-bond donors (Lipinski definition) is 0. The van der Waals surface area contributed by atoms with E-state index in [4.69, 9.17) is 0 Å². The molecule has 0 saturated heterocycles. The zero-order valence-corrected chi connectivity index (χ0v) is 10.3. The number of alkyl halides is 3. The van der Waals surface area contributed by atoms with Crippen LogP contribution < -0.4 is 0 Å². The molecule has 95 valence electrons. The van der Waals surface area contributed by atoms with Crippen LogP contribution in [0.25, 0.3) is 0 Å². The van der Waals surface area contributed by atoms with Crippen molar-refractivity contribution in [3.05, 3.63) is 42.3 Å². The number of hydrogen-bond acceptors (Lipinski definition) is 0. The lowest BCUT2D eigenvalue weighted by molar-refractivity contribution is -0.137. The van der Waals surface area contributed by atoms with Crippen LogP contribution in [0, 0.1) is 12.3 Å². The lowest BCUT2D eigenvalue weighted by Gasteiger charge is -2.24. The molecular weight excluding hydrogens is 225 g/mol. The molecule has 1 radical (unpaired) electrons. The number of benzene rings is 1. The van der Waals surface area contributed by atoms with Crippen LogP contribution in [-0.2, 0) is 12.6 Å². The third kappa shape index (κ3) is 4.41. The van der Waals surface area contributed by atoms with E-state index in [9.17, 15) is 13.2 Å². The van der Waals surface area contributed by atoms with Crippen molar-refractivity contribution in [1.82, 2.24) is 0 Å². The van der Waals surface area contributed by atoms with Crippen LogP contribution >= 0.6 is 0 Å². The van der Waals surface area contributed by atoms with Crippen LogP contribution in [0.15, 0.2) is 24.3 Å². The summed E-state index contributed by atoms with van der Waals surface area (Å²) in [6, 6.07) is 5.42. The Balaban J connectivity index is 2.75. The third-order valence-electron chi connectivity index (χ3n) is 2.82. The van der Waals surface area contributed by atoms with Crippen LogP contribution in [-0.4, -0.2) is 0 Å². The summed E-state index contributed by atoms with van der Waals surface area (Å²) in [6.45, 7) is 8.02. The standard InChI is InChI=1S/C14H18F3/c1-4-9-13(2,3)10-11-5-7-12(8-6-11)14(15,16)17/h5-8H,1,4,9-10H2,2-3H3. The average Bonchev–Trinajstić information content (AvgIpc) is 2.16. The van der Waals surface area contributed by atoms with Crippen LogP contribution in [0.4, 0.5) is 13.2 Å². The summed E-state index contributed by atoms with van der Waals surface area (Å²) < 4.78 is 37.1. The Bertz CT molecular complexity index is 347. The summed E-state index contributed by atoms with van der Waals surface area (Å²) in [6.07, 6.45) is -1.66. The van der Waals surface area contributed by atoms with E-state index in [0.29, 0.717) is 0 Å². The lowest BCUT2D eigenvalue weighted by Crippen LogP contribution is -2.14. The Morgan fingerprint density at radius 1 is 1.06 bits per heavy atom. The van der Waals surface area contributed by atoms with Gasteiger partial charge in [-0.25, -0.2) is 0 Å². The van der Waals surface area contributed by atoms with E-state index in [2.05, 4.69) is 20.8 Å². The highest BCUT2D eigenvalue weighted by Gasteiger charge is 2.30. The topological polar surface area (TPSA) is 0 Å². The summed E-state index contributed by atoms with van der Waals surface area (Å²) in [5, 5.41) is 0. The molecule has 0 spiro atoms. The first-order valence-corrected chi connectivity index (χ1v) is 5.70. The normalized spacial score (nSPS) is 12.8. The fourth-order valence-corrected chi connectivity index (χ4v) is 1.93. The molecule has 0 unspecified atom stereocenters. The number of halogens is 3. The van der Waals surface area contributed by atoms with E-state index >= 15 is 0 Å². The first kappa shape index (κ1) is 14.1. The molecule has 0 aromatic heterocycles. The fraction of sp³-hybridized carbons (Fsp3) is 0.500. The van der Waals surface area contributed by atoms with Crippen molar-refractivity contribution in [3.8, 4) is 0 Å². The summed E-state index contributed by atoms with van der Waals surface area (Å²) in [4.78, 5) is 0. The maximum absolute atomic E-state index is 12.4. The highest BCUT2D eigenvalue weighted by atomic mass is 19.4. The minimum atomic E-state index is -4.25. The van der Waals surface area contributed by atoms with E-state index in [1.165, 1.54) is 0 Å². The summed E-state index contributed by atoms with van der Waals surface area (Å²) in [7, 11) is 0. The van der Waals surface area contributed by atoms with Crippen molar-refractivity contribution < 1.29 is 13.2 Å². The Hall–Kier alpha value is -0.990. The molecule has 0 saturated carbocycles. The first-order chi connectivity index (χ1) is 7.74. The second-order valence-corrected chi connectivity index (χ2v) is 5.14. The van der Waals surface area contributed by atoms with Gasteiger partial charge in [-0.05, 0) is 36.0 Å². The van der Waals surface area contributed by atoms with Gasteiger partial charge in [-0.3, -0.25) is 0 Å². The molecule has 0 aliphatic carbocycles. The zero-order valence-electron chi connectivity index (χ0n) is 10.3. The van der Waals surface area contributed by atoms with Crippen molar-refractivity contribution in [3.63, 3.8) is 0 Å². The molecule has 0 atom stereocenters. The van der Waals surface area contributed by atoms with Gasteiger partial charge in [0, 0.05) is 0 Å². The Labute approximate surface area is 101 Å². The molecule has 0 heterocycles. The third-order valence-corrected chi connectivity index (χ3v) is 2.82. The predicted octanol–water partition coefficient (Wildman–Crippen LogP) is 4.89. The van der Waals surface area contributed by atoms with Gasteiger partial charge in [0.2, 0.25) is 0 Å². The number of rotatable bonds is 4. The van der Waals surface area contributed by atoms with Crippen molar-refractivity contribution in [2.45, 2.75) is 39.3 Å². The molecule has 1 rings (SSSR count). The second-order valence-electron chi connectivity index (χ2n) is 5.14. The van der Waals surface area contributed by atoms with E-state index in [-0.39, 0.29) is 5.41 Å². The molecule has 0 N–H and O–H groups in total. The van der Waals surface area contributed by atoms with Crippen molar-refractivity contribution in [2.75, 3.05) is 0 Å². The maximum atomic E-state index is 12.4. The molecule has 17 heavy (non-hydrogen) atoms. The van der Waals surface area contributed by atoms with Gasteiger partial charge in [-0.2, -0.15) is 13.2 Å². The van der Waals surface area contributed by atoms with Gasteiger partial charge < -0.3 is 0 Å². The smallest absolute Gasteiger partial charge is 0.166 e. The minimum absolute atomic E-state index is 0.0848. The van der Waals surface area contributed by atoms with Crippen molar-refractivity contribution in [2.24, 2.45) is 5.41 Å². The quantitative estimate of drug-likeness (QED) is 0.706. The Morgan fingerprint density at radius 2 is 1.59 bits per heavy atom. The molecular formula is C14H18F3. The predicted molar refractivity (Wildman–Crippen MR) is 63.5 cm³/mol. The van der Waals surface area contributed by atoms with Crippen LogP contribution in [0.5, 0.6) is 0 Å². The summed E-state index contributed by atoms with van der Waals surface area (Å²) in [5.74, 6) is 0. The zero-order chi connectivity index (χ0) is 13.1. The van der Waals surface area contributed by atoms with Gasteiger partial charge in [-0.1, -0.05) is 39.3 Å². The first-order valence-electron chi connectivity index (χ1n) is 5.70. The van der Waals surface area contributed by atoms with Crippen LogP contribution in [0.1, 0.15) is 37.8 Å². The minimum Gasteiger partial charge on any atom is -0.166 e. The molecule has 0 amide bonds. The molecule has 0 aliphatic rings. The Morgan fingerprint density at radius 3 is 2.00 bits per heavy atom. The SMILES string of the molecule is [CH2]CCC(C)(C)Cc1ccc(C(F)(F)F)cc1. The molecule has 0 bridgehead atoms. The maximum Gasteiger partial charge on any atom is 0.416 e. The van der Waals surface area contributed by atoms with Crippen LogP contribution in [0.3, 0.4) is 0 Å². The average molecular weight is 243 g/mol. The highest BCUT2D eigenvalue weighted by Crippen LogP contribution is 2.31. The second kappa shape index (κ2) is 5.11. The van der Waals surface area contributed by atoms with Gasteiger partial charge in [-0.15, -0.1) is 0 Å². The fourth-order valence-electron chi connectivity index (χ4n) is 1.93. The van der Waals surface area contributed by atoms with Crippen LogP contribution in [0.2, 0.25) is 0 Å². The van der Waals surface area contributed by atoms with E-state index < -0.39 is 11.7 Å². The van der Waals surface area contributed by atoms with Crippen molar-refractivity contribution in [1.29, 1.82) is 0 Å². The molecule has 1 aromatic rings. The van der Waals surface area contributed by atoms with E-state index in [0.717, 1.165) is 37.0 Å². The Kier molecular flexibility index (Phi) is 4.23. The highest BCUT2D eigenvalue weighted by molar-refractivity contribution is 5.25. The van der Waals surface area contributed by atoms with Gasteiger partial charge >= 0.3 is 6.18 Å². The van der Waals surface area contributed by atoms with Crippen molar-refractivity contribution >= 4 is 0 Å². The van der Waals surface area contributed by atoms with Gasteiger partial charge in [0.1, 0.15) is 0 Å². The molecule has 3 heteroatoms. The van der Waals surface area contributed by atoms with Gasteiger partial charge in [0.15, 0.2) is 0 Å². The van der Waals surface area contributed by atoms with E-state index in [1.54, 1.807) is 12.1 Å². The molecule has 0 nitrogen and oxygen atoms in total. The van der Waals surface area contributed by atoms with Gasteiger partial charge in [0.25, 0.3) is 0 Å². The summed E-state index contributed by atoms with van der Waals surface area (Å²) >= 11 is 0. The largest absolute Gasteiger partial charge is 0.416 e. The van der Waals surface area contributed by atoms with E-state index in [1.807, 2.05) is 0 Å². The lowest BCUT2D eigenvalue weighted by atomic mass is 9.82.